The van der Waals surface area contributed by atoms with Gasteiger partial charge in [-0.15, -0.1) is 0 Å². The van der Waals surface area contributed by atoms with Gasteiger partial charge in [0.25, 0.3) is 0 Å². The highest BCUT2D eigenvalue weighted by atomic mass is 32.2. The van der Waals surface area contributed by atoms with Gasteiger partial charge in [-0.05, 0) is 36.2 Å². The molecule has 27 heavy (non-hydrogen) atoms. The van der Waals surface area contributed by atoms with Crippen molar-refractivity contribution < 1.29 is 18.3 Å². The van der Waals surface area contributed by atoms with Crippen LogP contribution in [0.5, 0.6) is 0 Å². The highest BCUT2D eigenvalue weighted by Crippen LogP contribution is 2.21. The summed E-state index contributed by atoms with van der Waals surface area (Å²) in [4.78, 5) is 15.6. The van der Waals surface area contributed by atoms with Gasteiger partial charge in [-0.25, -0.2) is 8.42 Å². The van der Waals surface area contributed by atoms with E-state index < -0.39 is 22.0 Å². The molecular weight excluding hydrogens is 366 g/mol. The van der Waals surface area contributed by atoms with Crippen molar-refractivity contribution >= 4 is 26.9 Å². The minimum absolute atomic E-state index is 0.0855. The molecule has 0 unspecified atom stereocenters. The molecule has 3 rings (SSSR count). The summed E-state index contributed by atoms with van der Waals surface area (Å²) >= 11 is 0. The van der Waals surface area contributed by atoms with E-state index in [-0.39, 0.29) is 16.8 Å². The van der Waals surface area contributed by atoms with E-state index in [1.165, 1.54) is 18.3 Å². The molecule has 0 aliphatic heterocycles. The number of hydrogen-bond donors (Lipinski definition) is 2. The zero-order valence-corrected chi connectivity index (χ0v) is 14.8. The molecule has 1 heterocycles. The molecule has 2 N–H and O–H groups in total. The van der Waals surface area contributed by atoms with E-state index in [9.17, 15) is 18.3 Å². The molecular formula is C19H15N3O4S. The number of nitrogens with one attached hydrogen (secondary N) is 1. The summed E-state index contributed by atoms with van der Waals surface area (Å²) in [6.45, 7) is 0. The predicted molar refractivity (Wildman–Crippen MR) is 98.3 cm³/mol. The third-order valence-electron chi connectivity index (χ3n) is 3.98. The first-order chi connectivity index (χ1) is 12.9. The average Bonchev–Trinajstić information content (AvgIpc) is 2.67. The summed E-state index contributed by atoms with van der Waals surface area (Å²) in [5.41, 5.74) is 1.18. The van der Waals surface area contributed by atoms with Crippen LogP contribution in [-0.2, 0) is 21.2 Å². The largest absolute Gasteiger partial charge is 0.480 e. The standard InChI is InChI=1S/C19H15N3O4S/c20-12-14-5-1-4-13(10-14)11-16(19(23)24)22-27(25,26)17-8-2-6-15-7-3-9-21-18(15)17/h1-10,16,22H,11H2,(H,23,24)/t16-/m0/s1. The van der Waals surface area contributed by atoms with E-state index in [0.717, 1.165) is 0 Å². The van der Waals surface area contributed by atoms with Crippen LogP contribution in [-0.4, -0.2) is 30.5 Å². The molecule has 1 aromatic heterocycles. The van der Waals surface area contributed by atoms with Crippen molar-refractivity contribution in [1.29, 1.82) is 5.26 Å². The topological polar surface area (TPSA) is 120 Å². The van der Waals surface area contributed by atoms with Crippen molar-refractivity contribution in [2.24, 2.45) is 0 Å². The first-order valence-electron chi connectivity index (χ1n) is 7.98. The maximum Gasteiger partial charge on any atom is 0.322 e. The fraction of sp³-hybridized carbons (Fsp3) is 0.105. The summed E-state index contributed by atoms with van der Waals surface area (Å²) < 4.78 is 27.9. The lowest BCUT2D eigenvalue weighted by Crippen LogP contribution is -2.42. The fourth-order valence-corrected chi connectivity index (χ4v) is 4.10. The molecule has 136 valence electrons. The van der Waals surface area contributed by atoms with E-state index in [4.69, 9.17) is 5.26 Å². The van der Waals surface area contributed by atoms with Crippen molar-refractivity contribution in [3.63, 3.8) is 0 Å². The molecule has 3 aromatic rings. The second-order valence-corrected chi connectivity index (χ2v) is 7.54. The SMILES string of the molecule is N#Cc1cccc(C[C@H](NS(=O)(=O)c2cccc3cccnc23)C(=O)O)c1. The highest BCUT2D eigenvalue weighted by molar-refractivity contribution is 7.89. The van der Waals surface area contributed by atoms with E-state index >= 15 is 0 Å². The summed E-state index contributed by atoms with van der Waals surface area (Å²) in [6.07, 6.45) is 1.38. The van der Waals surface area contributed by atoms with E-state index in [2.05, 4.69) is 9.71 Å². The number of aromatic nitrogens is 1. The van der Waals surface area contributed by atoms with Gasteiger partial charge in [0.2, 0.25) is 10.0 Å². The molecule has 0 aliphatic rings. The number of sulfonamides is 1. The van der Waals surface area contributed by atoms with Crippen LogP contribution in [0.15, 0.2) is 65.7 Å². The minimum Gasteiger partial charge on any atom is -0.480 e. The van der Waals surface area contributed by atoms with E-state index in [1.807, 2.05) is 6.07 Å². The van der Waals surface area contributed by atoms with Crippen LogP contribution < -0.4 is 4.72 Å². The van der Waals surface area contributed by atoms with Crippen molar-refractivity contribution in [3.05, 3.63) is 71.9 Å². The van der Waals surface area contributed by atoms with Crippen molar-refractivity contribution in [3.8, 4) is 6.07 Å². The number of rotatable bonds is 6. The van der Waals surface area contributed by atoms with Gasteiger partial charge in [0, 0.05) is 11.6 Å². The van der Waals surface area contributed by atoms with Crippen LogP contribution in [0.4, 0.5) is 0 Å². The number of fused-ring (bicyclic) bond motifs is 1. The Labute approximate surface area is 156 Å². The number of aliphatic carboxylic acids is 1. The molecule has 0 bridgehead atoms. The Hall–Kier alpha value is -3.28. The number of benzene rings is 2. The Balaban J connectivity index is 1.93. The third kappa shape index (κ3) is 4.11. The number of carboxylic acid groups (broad SMARTS) is 1. The number of hydrogen-bond acceptors (Lipinski definition) is 5. The smallest absolute Gasteiger partial charge is 0.322 e. The number of nitrogens with zero attached hydrogens (tertiary/aromatic N) is 2. The molecule has 8 heteroatoms. The van der Waals surface area contributed by atoms with Gasteiger partial charge in [0.15, 0.2) is 0 Å². The molecule has 0 saturated heterocycles. The number of carbonyl (C=O) groups is 1. The number of pyridine rings is 1. The number of para-hydroxylation sites is 1. The Morgan fingerprint density at radius 1 is 1.19 bits per heavy atom. The number of nitriles is 1. The summed E-state index contributed by atoms with van der Waals surface area (Å²) in [5, 5.41) is 19.1. The Bertz CT molecular complexity index is 1150. The highest BCUT2D eigenvalue weighted by Gasteiger charge is 2.27. The second kappa shape index (κ2) is 7.53. The Morgan fingerprint density at radius 2 is 1.93 bits per heavy atom. The van der Waals surface area contributed by atoms with Crippen molar-refractivity contribution in [2.75, 3.05) is 0 Å². The van der Waals surface area contributed by atoms with Gasteiger partial charge in [-0.2, -0.15) is 9.98 Å². The Kier molecular flexibility index (Phi) is 5.16. The normalized spacial score (nSPS) is 12.4. The predicted octanol–water partition coefficient (Wildman–Crippen LogP) is 2.08. The van der Waals surface area contributed by atoms with E-state index in [1.54, 1.807) is 42.5 Å². The first kappa shape index (κ1) is 18.5. The Morgan fingerprint density at radius 3 is 2.67 bits per heavy atom. The van der Waals surface area contributed by atoms with Gasteiger partial charge in [-0.1, -0.05) is 30.3 Å². The zero-order chi connectivity index (χ0) is 19.4. The zero-order valence-electron chi connectivity index (χ0n) is 14.0. The van der Waals surface area contributed by atoms with Crippen molar-refractivity contribution in [1.82, 2.24) is 9.71 Å². The molecule has 0 spiro atoms. The average molecular weight is 381 g/mol. The molecule has 0 saturated carbocycles. The number of carboxylic acids is 1. The van der Waals surface area contributed by atoms with Gasteiger partial charge in [0.05, 0.1) is 17.1 Å². The lowest BCUT2D eigenvalue weighted by Gasteiger charge is -2.16. The first-order valence-corrected chi connectivity index (χ1v) is 9.47. The molecule has 0 fully saturated rings. The summed E-state index contributed by atoms with van der Waals surface area (Å²) in [6, 6.07) is 15.1. The van der Waals surface area contributed by atoms with Crippen LogP contribution in [0.1, 0.15) is 11.1 Å². The molecule has 0 amide bonds. The van der Waals surface area contributed by atoms with Crippen LogP contribution in [0.2, 0.25) is 0 Å². The lowest BCUT2D eigenvalue weighted by molar-refractivity contribution is -0.138. The maximum absolute atomic E-state index is 12.8. The summed E-state index contributed by atoms with van der Waals surface area (Å²) in [5.74, 6) is -1.31. The van der Waals surface area contributed by atoms with Crippen LogP contribution >= 0.6 is 0 Å². The molecule has 7 nitrogen and oxygen atoms in total. The van der Waals surface area contributed by atoms with Gasteiger partial charge in [0.1, 0.15) is 10.9 Å². The molecule has 1 atom stereocenters. The summed E-state index contributed by atoms with van der Waals surface area (Å²) in [7, 11) is -4.13. The van der Waals surface area contributed by atoms with Gasteiger partial charge in [-0.3, -0.25) is 9.78 Å². The van der Waals surface area contributed by atoms with Crippen LogP contribution in [0, 0.1) is 11.3 Å². The van der Waals surface area contributed by atoms with E-state index in [0.29, 0.717) is 16.5 Å². The van der Waals surface area contributed by atoms with Gasteiger partial charge >= 0.3 is 5.97 Å². The maximum atomic E-state index is 12.8. The fourth-order valence-electron chi connectivity index (χ4n) is 2.73. The minimum atomic E-state index is -4.13. The lowest BCUT2D eigenvalue weighted by atomic mass is 10.0. The van der Waals surface area contributed by atoms with Crippen LogP contribution in [0.3, 0.4) is 0 Å². The van der Waals surface area contributed by atoms with Crippen LogP contribution in [0.25, 0.3) is 10.9 Å². The monoisotopic (exact) mass is 381 g/mol. The molecule has 2 aromatic carbocycles. The molecule has 0 radical (unpaired) electrons. The quantitative estimate of drug-likeness (QED) is 0.674. The van der Waals surface area contributed by atoms with Gasteiger partial charge < -0.3 is 5.11 Å². The second-order valence-electron chi connectivity index (χ2n) is 5.86. The van der Waals surface area contributed by atoms with Crippen molar-refractivity contribution in [2.45, 2.75) is 17.4 Å². The molecule has 0 aliphatic carbocycles. The third-order valence-corrected chi connectivity index (χ3v) is 5.48.